The Morgan fingerprint density at radius 2 is 1.85 bits per heavy atom. The van der Waals surface area contributed by atoms with E-state index < -0.39 is 17.7 Å². The molecule has 34 heavy (non-hydrogen) atoms. The summed E-state index contributed by atoms with van der Waals surface area (Å²) in [6.07, 6.45) is -0.287. The van der Waals surface area contributed by atoms with E-state index in [0.29, 0.717) is 37.6 Å². The number of piperazine rings is 1. The quantitative estimate of drug-likeness (QED) is 0.632. The lowest BCUT2D eigenvalue weighted by Gasteiger charge is -2.58. The van der Waals surface area contributed by atoms with Gasteiger partial charge in [0.05, 0.1) is 18.7 Å². The number of hydrogen-bond donors (Lipinski definition) is 2. The molecule has 3 saturated heterocycles. The Morgan fingerprint density at radius 1 is 1.12 bits per heavy atom. The number of amides is 3. The van der Waals surface area contributed by atoms with Gasteiger partial charge in [-0.3, -0.25) is 29.1 Å². The molecule has 0 radical (unpaired) electrons. The van der Waals surface area contributed by atoms with Crippen molar-refractivity contribution >= 4 is 35.0 Å². The van der Waals surface area contributed by atoms with E-state index in [-0.39, 0.29) is 24.3 Å². The Morgan fingerprint density at radius 3 is 2.53 bits per heavy atom. The van der Waals surface area contributed by atoms with Crippen LogP contribution in [0.25, 0.3) is 0 Å². The largest absolute Gasteiger partial charge is 0.392 e. The van der Waals surface area contributed by atoms with E-state index in [1.165, 1.54) is 11.8 Å². The zero-order chi connectivity index (χ0) is 24.0. The number of imide groups is 1. The number of carbonyl (C=O) groups excluding carboxylic acids is 3. The fourth-order valence-corrected chi connectivity index (χ4v) is 5.63. The maximum atomic E-state index is 13.7. The number of likely N-dealkylation sites (tertiary alicyclic amines) is 1. The van der Waals surface area contributed by atoms with Crippen LogP contribution in [0.15, 0.2) is 48.5 Å². The standard InChI is InChI=1S/C25H27ClN4O4/c1-16(31)27-20-7-5-17(6-8-20)11-28-14-25(15-28)24(34)29(12-18-3-2-4-19(26)9-18)23(33)22-10-21(32)13-30(22)25/h2-9,21-22,32H,10-15H2,1H3,(H,27,31)/t21-,22+/m1/s1. The van der Waals surface area contributed by atoms with Crippen molar-refractivity contribution in [3.05, 3.63) is 64.7 Å². The molecule has 9 heteroatoms. The first-order valence-corrected chi connectivity index (χ1v) is 11.8. The molecule has 0 bridgehead atoms. The number of aliphatic hydroxyl groups excluding tert-OH is 1. The lowest BCUT2D eigenvalue weighted by atomic mass is 9.82. The topological polar surface area (TPSA) is 93.2 Å². The SMILES string of the molecule is CC(=O)Nc1ccc(CN2CC3(C2)C(=O)N(Cc2cccc(Cl)c2)C(=O)[C@@H]2C[C@@H](O)CN23)cc1. The molecule has 0 aliphatic carbocycles. The maximum absolute atomic E-state index is 13.7. The molecule has 178 valence electrons. The van der Waals surface area contributed by atoms with E-state index in [1.807, 2.05) is 35.2 Å². The molecule has 0 aromatic heterocycles. The Hall–Kier alpha value is -2.78. The predicted octanol–water partition coefficient (Wildman–Crippen LogP) is 1.86. The number of nitrogens with one attached hydrogen (secondary N) is 1. The second-order valence-corrected chi connectivity index (χ2v) is 9.91. The van der Waals surface area contributed by atoms with Crippen molar-refractivity contribution in [2.45, 2.75) is 44.1 Å². The van der Waals surface area contributed by atoms with Gasteiger partial charge in [0.2, 0.25) is 11.8 Å². The first-order valence-electron chi connectivity index (χ1n) is 11.4. The lowest BCUT2D eigenvalue weighted by Crippen LogP contribution is -2.81. The molecule has 2 atom stereocenters. The van der Waals surface area contributed by atoms with Crippen LogP contribution in [0, 0.1) is 0 Å². The monoisotopic (exact) mass is 482 g/mol. The summed E-state index contributed by atoms with van der Waals surface area (Å²) < 4.78 is 0. The first-order chi connectivity index (χ1) is 16.2. The molecular weight excluding hydrogens is 456 g/mol. The summed E-state index contributed by atoms with van der Waals surface area (Å²) in [6.45, 7) is 3.59. The fraction of sp³-hybridized carbons (Fsp3) is 0.400. The van der Waals surface area contributed by atoms with Crippen LogP contribution in [0.5, 0.6) is 0 Å². The molecule has 2 aromatic carbocycles. The predicted molar refractivity (Wildman–Crippen MR) is 127 cm³/mol. The molecule has 5 rings (SSSR count). The highest BCUT2D eigenvalue weighted by atomic mass is 35.5. The molecule has 3 aliphatic rings. The number of halogens is 1. The minimum absolute atomic E-state index is 0.118. The smallest absolute Gasteiger partial charge is 0.252 e. The van der Waals surface area contributed by atoms with Crippen LogP contribution in [0.4, 0.5) is 5.69 Å². The van der Waals surface area contributed by atoms with E-state index in [4.69, 9.17) is 11.6 Å². The Balaban J connectivity index is 1.33. The summed E-state index contributed by atoms with van der Waals surface area (Å²) in [5.74, 6) is -0.577. The third kappa shape index (κ3) is 4.11. The van der Waals surface area contributed by atoms with Crippen LogP contribution < -0.4 is 5.32 Å². The van der Waals surface area contributed by atoms with Crippen LogP contribution >= 0.6 is 11.6 Å². The molecule has 3 fully saturated rings. The Bertz CT molecular complexity index is 1130. The zero-order valence-electron chi connectivity index (χ0n) is 18.9. The third-order valence-electron chi connectivity index (χ3n) is 6.90. The summed E-state index contributed by atoms with van der Waals surface area (Å²) in [5, 5.41) is 13.6. The lowest BCUT2D eigenvalue weighted by molar-refractivity contribution is -0.181. The molecule has 2 N–H and O–H groups in total. The number of nitrogens with zero attached hydrogens (tertiary/aromatic N) is 3. The molecular formula is C25H27ClN4O4. The molecule has 3 heterocycles. The summed E-state index contributed by atoms with van der Waals surface area (Å²) in [7, 11) is 0. The van der Waals surface area contributed by atoms with Crippen LogP contribution in [0.1, 0.15) is 24.5 Å². The Kier molecular flexibility index (Phi) is 5.93. The van der Waals surface area contributed by atoms with Crippen LogP contribution in [-0.4, -0.2) is 74.8 Å². The molecule has 1 spiro atoms. The molecule has 0 unspecified atom stereocenters. The van der Waals surface area contributed by atoms with Crippen molar-refractivity contribution in [2.75, 3.05) is 25.0 Å². The van der Waals surface area contributed by atoms with Crippen molar-refractivity contribution in [1.82, 2.24) is 14.7 Å². The number of hydrogen-bond acceptors (Lipinski definition) is 6. The highest BCUT2D eigenvalue weighted by Gasteiger charge is 2.64. The normalized spacial score (nSPS) is 24.3. The average Bonchev–Trinajstić information content (AvgIpc) is 3.16. The second-order valence-electron chi connectivity index (χ2n) is 9.47. The first kappa shape index (κ1) is 23.0. The zero-order valence-corrected chi connectivity index (χ0v) is 19.7. The van der Waals surface area contributed by atoms with E-state index in [1.54, 1.807) is 18.2 Å². The van der Waals surface area contributed by atoms with Gasteiger partial charge in [0.25, 0.3) is 5.91 Å². The van der Waals surface area contributed by atoms with Crippen molar-refractivity contribution in [2.24, 2.45) is 0 Å². The molecule has 2 aromatic rings. The summed E-state index contributed by atoms with van der Waals surface area (Å²) >= 11 is 6.11. The Labute approximate surface area is 203 Å². The van der Waals surface area contributed by atoms with Gasteiger partial charge in [0, 0.05) is 43.8 Å². The second kappa shape index (κ2) is 8.78. The molecule has 8 nitrogen and oxygen atoms in total. The van der Waals surface area contributed by atoms with Crippen LogP contribution in [0.3, 0.4) is 0 Å². The highest BCUT2D eigenvalue weighted by molar-refractivity contribution is 6.30. The van der Waals surface area contributed by atoms with Gasteiger partial charge in [-0.05, 0) is 41.8 Å². The van der Waals surface area contributed by atoms with Gasteiger partial charge in [-0.15, -0.1) is 0 Å². The van der Waals surface area contributed by atoms with E-state index in [9.17, 15) is 19.5 Å². The molecule has 3 amide bonds. The number of β-amino-alcohol motifs (C(OH)–C–C–N with tert-alkyl or cyclic N) is 1. The minimum atomic E-state index is -0.815. The van der Waals surface area contributed by atoms with E-state index >= 15 is 0 Å². The van der Waals surface area contributed by atoms with Gasteiger partial charge in [-0.2, -0.15) is 0 Å². The van der Waals surface area contributed by atoms with E-state index in [2.05, 4.69) is 10.2 Å². The van der Waals surface area contributed by atoms with Crippen molar-refractivity contribution in [3.8, 4) is 0 Å². The van der Waals surface area contributed by atoms with Crippen molar-refractivity contribution in [1.29, 1.82) is 0 Å². The summed E-state index contributed by atoms with van der Waals surface area (Å²) in [5.41, 5.74) is 1.79. The van der Waals surface area contributed by atoms with Crippen LogP contribution in [0.2, 0.25) is 5.02 Å². The number of fused-ring (bicyclic) bond motifs is 2. The number of anilines is 1. The fourth-order valence-electron chi connectivity index (χ4n) is 5.42. The van der Waals surface area contributed by atoms with Crippen LogP contribution in [-0.2, 0) is 27.5 Å². The van der Waals surface area contributed by atoms with Gasteiger partial charge < -0.3 is 10.4 Å². The molecule has 0 saturated carbocycles. The number of rotatable bonds is 5. The van der Waals surface area contributed by atoms with Gasteiger partial charge in [0.1, 0.15) is 5.54 Å². The third-order valence-corrected chi connectivity index (χ3v) is 7.14. The van der Waals surface area contributed by atoms with Crippen molar-refractivity contribution < 1.29 is 19.5 Å². The minimum Gasteiger partial charge on any atom is -0.392 e. The summed E-state index contributed by atoms with van der Waals surface area (Å²) in [4.78, 5) is 43.6. The van der Waals surface area contributed by atoms with Crippen molar-refractivity contribution in [3.63, 3.8) is 0 Å². The average molecular weight is 483 g/mol. The number of carbonyl (C=O) groups is 3. The number of aliphatic hydroxyl groups is 1. The van der Waals surface area contributed by atoms with Gasteiger partial charge in [-0.1, -0.05) is 35.9 Å². The van der Waals surface area contributed by atoms with Gasteiger partial charge >= 0.3 is 0 Å². The van der Waals surface area contributed by atoms with E-state index in [0.717, 1.165) is 16.8 Å². The van der Waals surface area contributed by atoms with Gasteiger partial charge in [-0.25, -0.2) is 0 Å². The summed E-state index contributed by atoms with van der Waals surface area (Å²) in [6, 6.07) is 14.3. The highest BCUT2D eigenvalue weighted by Crippen LogP contribution is 2.41. The van der Waals surface area contributed by atoms with Gasteiger partial charge in [0.15, 0.2) is 0 Å². The maximum Gasteiger partial charge on any atom is 0.252 e. The molecule has 3 aliphatic heterocycles. The number of benzene rings is 2.